The molecule has 1 aromatic carbocycles. The van der Waals surface area contributed by atoms with Crippen LogP contribution < -0.4 is 10.6 Å². The largest absolute Gasteiger partial charge is 0.372 e. The summed E-state index contributed by atoms with van der Waals surface area (Å²) in [6.07, 6.45) is 1.29. The Hall–Kier alpha value is -2.61. The molecule has 0 bridgehead atoms. The van der Waals surface area contributed by atoms with E-state index in [-0.39, 0.29) is 42.9 Å². The Balaban J connectivity index is 1.43. The Kier molecular flexibility index (Phi) is 5.21. The number of benzene rings is 1. The Labute approximate surface area is 170 Å². The van der Waals surface area contributed by atoms with Gasteiger partial charge in [-0.2, -0.15) is 0 Å². The molecule has 29 heavy (non-hydrogen) atoms. The number of hydrogen-bond donors (Lipinski definition) is 2. The molecule has 2 fully saturated rings. The van der Waals surface area contributed by atoms with Crippen LogP contribution in [0, 0.1) is 0 Å². The maximum atomic E-state index is 12.8. The van der Waals surface area contributed by atoms with Crippen LogP contribution >= 0.6 is 0 Å². The zero-order valence-electron chi connectivity index (χ0n) is 16.9. The van der Waals surface area contributed by atoms with Crippen molar-refractivity contribution in [3.63, 3.8) is 0 Å². The third-order valence-corrected chi connectivity index (χ3v) is 5.92. The van der Waals surface area contributed by atoms with Crippen molar-refractivity contribution in [2.45, 2.75) is 51.0 Å². The lowest BCUT2D eigenvalue weighted by Gasteiger charge is -2.40. The molecule has 8 nitrogen and oxygen atoms in total. The van der Waals surface area contributed by atoms with Crippen molar-refractivity contribution in [1.82, 2.24) is 15.1 Å². The lowest BCUT2D eigenvalue weighted by molar-refractivity contribution is -0.148. The fourth-order valence-corrected chi connectivity index (χ4v) is 4.48. The van der Waals surface area contributed by atoms with Gasteiger partial charge in [0, 0.05) is 38.2 Å². The van der Waals surface area contributed by atoms with Gasteiger partial charge in [0.25, 0.3) is 5.91 Å². The number of ether oxygens (including phenoxy) is 1. The van der Waals surface area contributed by atoms with E-state index < -0.39 is 5.66 Å². The summed E-state index contributed by atoms with van der Waals surface area (Å²) >= 11 is 0. The van der Waals surface area contributed by atoms with Gasteiger partial charge in [-0.25, -0.2) is 0 Å². The quantitative estimate of drug-likeness (QED) is 0.778. The molecule has 3 atom stereocenters. The van der Waals surface area contributed by atoms with Crippen molar-refractivity contribution in [1.29, 1.82) is 0 Å². The summed E-state index contributed by atoms with van der Waals surface area (Å²) in [5.74, 6) is -0.241. The van der Waals surface area contributed by atoms with Crippen molar-refractivity contribution in [3.05, 3.63) is 29.8 Å². The van der Waals surface area contributed by atoms with Gasteiger partial charge >= 0.3 is 0 Å². The zero-order chi connectivity index (χ0) is 20.6. The highest BCUT2D eigenvalue weighted by molar-refractivity contribution is 6.02. The summed E-state index contributed by atoms with van der Waals surface area (Å²) in [5, 5.41) is 6.49. The fourth-order valence-electron chi connectivity index (χ4n) is 4.48. The number of rotatable bonds is 2. The highest BCUT2D eigenvalue weighted by Crippen LogP contribution is 2.31. The Bertz CT molecular complexity index is 819. The van der Waals surface area contributed by atoms with Gasteiger partial charge in [0.1, 0.15) is 5.66 Å². The molecule has 1 spiro atoms. The number of fused-ring (bicyclic) bond motifs is 1. The number of carbonyl (C=O) groups is 3. The van der Waals surface area contributed by atoms with Crippen molar-refractivity contribution in [2.24, 2.45) is 0 Å². The Morgan fingerprint density at radius 1 is 1.14 bits per heavy atom. The van der Waals surface area contributed by atoms with E-state index in [9.17, 15) is 14.4 Å². The number of hydrogen-bond acceptors (Lipinski definition) is 5. The maximum absolute atomic E-state index is 12.8. The van der Waals surface area contributed by atoms with Crippen LogP contribution in [-0.2, 0) is 14.3 Å². The maximum Gasteiger partial charge on any atom is 0.255 e. The van der Waals surface area contributed by atoms with Gasteiger partial charge in [0.2, 0.25) is 11.8 Å². The first-order valence-corrected chi connectivity index (χ1v) is 10.3. The van der Waals surface area contributed by atoms with Crippen LogP contribution in [0.1, 0.15) is 43.5 Å². The van der Waals surface area contributed by atoms with Crippen LogP contribution in [0.25, 0.3) is 0 Å². The molecule has 3 aliphatic heterocycles. The standard InChI is InChI=1S/C21H28N4O4/c1-14-11-25(12-15(2)29-14)19(27)13-24-10-9-21(8-7-18(24)26)22-17-6-4-3-5-16(17)20(28)23-21/h3-6,14-15,22H,7-13H2,1-2H3,(H,23,28). The number of amides is 3. The number of morpholine rings is 1. The van der Waals surface area contributed by atoms with Crippen LogP contribution in [0.3, 0.4) is 0 Å². The van der Waals surface area contributed by atoms with Gasteiger partial charge in [-0.15, -0.1) is 0 Å². The summed E-state index contributed by atoms with van der Waals surface area (Å²) in [5.41, 5.74) is 0.724. The molecule has 3 unspecified atom stereocenters. The number of nitrogens with zero attached hydrogens (tertiary/aromatic N) is 2. The van der Waals surface area contributed by atoms with E-state index in [1.54, 1.807) is 15.9 Å². The molecule has 0 aromatic heterocycles. The smallest absolute Gasteiger partial charge is 0.255 e. The average Bonchev–Trinajstić information content (AvgIpc) is 2.81. The second kappa shape index (κ2) is 7.67. The van der Waals surface area contributed by atoms with Gasteiger partial charge in [-0.05, 0) is 32.4 Å². The van der Waals surface area contributed by atoms with Crippen molar-refractivity contribution in [2.75, 3.05) is 31.5 Å². The molecule has 156 valence electrons. The summed E-state index contributed by atoms with van der Waals surface area (Å²) in [4.78, 5) is 41.5. The van der Waals surface area contributed by atoms with Crippen molar-refractivity contribution in [3.8, 4) is 0 Å². The van der Waals surface area contributed by atoms with Crippen LogP contribution in [-0.4, -0.2) is 71.6 Å². The molecule has 1 aromatic rings. The molecule has 8 heteroatoms. The summed E-state index contributed by atoms with van der Waals surface area (Å²) < 4.78 is 5.69. The van der Waals surface area contributed by atoms with Gasteiger partial charge in [-0.3, -0.25) is 14.4 Å². The SMILES string of the molecule is CC1CN(C(=O)CN2CCC3(CCC2=O)NC(=O)c2ccccc2N3)CC(C)O1. The Morgan fingerprint density at radius 2 is 1.86 bits per heavy atom. The molecule has 0 radical (unpaired) electrons. The minimum Gasteiger partial charge on any atom is -0.372 e. The second-order valence-corrected chi connectivity index (χ2v) is 8.33. The van der Waals surface area contributed by atoms with Crippen LogP contribution in [0.15, 0.2) is 24.3 Å². The fraction of sp³-hybridized carbons (Fsp3) is 0.571. The molecule has 2 N–H and O–H groups in total. The minimum absolute atomic E-state index is 0.00692. The molecule has 3 aliphatic rings. The molecule has 4 rings (SSSR count). The number of carbonyl (C=O) groups excluding carboxylic acids is 3. The summed E-state index contributed by atoms with van der Waals surface area (Å²) in [6.45, 7) is 5.47. The van der Waals surface area contributed by atoms with E-state index in [4.69, 9.17) is 4.74 Å². The van der Waals surface area contributed by atoms with Crippen LogP contribution in [0.4, 0.5) is 5.69 Å². The van der Waals surface area contributed by atoms with E-state index in [2.05, 4.69) is 10.6 Å². The first kappa shape index (κ1) is 19.7. The predicted molar refractivity (Wildman–Crippen MR) is 107 cm³/mol. The Morgan fingerprint density at radius 3 is 2.62 bits per heavy atom. The number of likely N-dealkylation sites (tertiary alicyclic amines) is 1. The predicted octanol–water partition coefficient (Wildman–Crippen LogP) is 1.19. The summed E-state index contributed by atoms with van der Waals surface area (Å²) in [6, 6.07) is 7.37. The van der Waals surface area contributed by atoms with Gasteiger partial charge < -0.3 is 25.2 Å². The molecule has 0 aliphatic carbocycles. The van der Waals surface area contributed by atoms with Gasteiger partial charge in [0.05, 0.1) is 24.3 Å². The molecular formula is C21H28N4O4. The summed E-state index contributed by atoms with van der Waals surface area (Å²) in [7, 11) is 0. The third kappa shape index (κ3) is 4.07. The normalized spacial score (nSPS) is 29.7. The number of nitrogens with one attached hydrogen (secondary N) is 2. The zero-order valence-corrected chi connectivity index (χ0v) is 16.9. The minimum atomic E-state index is -0.666. The van der Waals surface area contributed by atoms with E-state index in [1.165, 1.54) is 0 Å². The van der Waals surface area contributed by atoms with E-state index in [0.29, 0.717) is 38.0 Å². The van der Waals surface area contributed by atoms with E-state index in [1.807, 2.05) is 32.0 Å². The van der Waals surface area contributed by atoms with Crippen LogP contribution in [0.5, 0.6) is 0 Å². The molecular weight excluding hydrogens is 372 g/mol. The lowest BCUT2D eigenvalue weighted by Crippen LogP contribution is -2.58. The van der Waals surface area contributed by atoms with Gasteiger partial charge in [-0.1, -0.05) is 12.1 Å². The van der Waals surface area contributed by atoms with Crippen molar-refractivity contribution < 1.29 is 19.1 Å². The molecule has 3 amide bonds. The van der Waals surface area contributed by atoms with Gasteiger partial charge in [0.15, 0.2) is 0 Å². The molecule has 0 saturated carbocycles. The van der Waals surface area contributed by atoms with E-state index in [0.717, 1.165) is 5.69 Å². The van der Waals surface area contributed by atoms with Crippen LogP contribution in [0.2, 0.25) is 0 Å². The van der Waals surface area contributed by atoms with Crippen molar-refractivity contribution >= 4 is 23.4 Å². The molecule has 2 saturated heterocycles. The molecule has 3 heterocycles. The number of anilines is 1. The second-order valence-electron chi connectivity index (χ2n) is 8.33. The highest BCUT2D eigenvalue weighted by atomic mass is 16.5. The number of para-hydroxylation sites is 1. The first-order chi connectivity index (χ1) is 13.8. The highest BCUT2D eigenvalue weighted by Gasteiger charge is 2.41. The third-order valence-electron chi connectivity index (χ3n) is 5.92. The lowest BCUT2D eigenvalue weighted by atomic mass is 9.95. The van der Waals surface area contributed by atoms with E-state index >= 15 is 0 Å². The first-order valence-electron chi connectivity index (χ1n) is 10.3. The topological polar surface area (TPSA) is 91.0 Å². The average molecular weight is 400 g/mol. The monoisotopic (exact) mass is 400 g/mol.